The van der Waals surface area contributed by atoms with Crippen LogP contribution in [0.15, 0.2) is 0 Å². The van der Waals surface area contributed by atoms with Gasteiger partial charge in [0.2, 0.25) is 5.91 Å². The Hall–Kier alpha value is -0.860. The molecule has 17 heavy (non-hydrogen) atoms. The monoisotopic (exact) mass is 255 g/mol. The maximum Gasteiger partial charge on any atom is 0.405 e. The van der Waals surface area contributed by atoms with Crippen molar-refractivity contribution in [3.63, 3.8) is 0 Å². The zero-order valence-corrected chi connectivity index (χ0v) is 9.46. The van der Waals surface area contributed by atoms with Crippen LogP contribution in [0.5, 0.6) is 0 Å². The van der Waals surface area contributed by atoms with Gasteiger partial charge < -0.3 is 15.8 Å². The molecule has 0 spiro atoms. The van der Waals surface area contributed by atoms with Crippen LogP contribution in [0, 0.1) is 0 Å². The summed E-state index contributed by atoms with van der Waals surface area (Å²) in [5, 5.41) is 2.33. The lowest BCUT2D eigenvalue weighted by Crippen LogP contribution is -2.62. The second-order valence-corrected chi connectivity index (χ2v) is 3.74. The number of carbonyl (C=O) groups is 1. The first kappa shape index (κ1) is 14.2. The van der Waals surface area contributed by atoms with E-state index < -0.39 is 30.7 Å². The van der Waals surface area contributed by atoms with Gasteiger partial charge in [-0.3, -0.25) is 9.69 Å². The summed E-state index contributed by atoms with van der Waals surface area (Å²) < 4.78 is 43.3. The summed E-state index contributed by atoms with van der Waals surface area (Å²) >= 11 is 0. The Labute approximate surface area is 97.1 Å². The van der Waals surface area contributed by atoms with Crippen molar-refractivity contribution in [2.45, 2.75) is 18.3 Å². The highest BCUT2D eigenvalue weighted by molar-refractivity contribution is 5.81. The summed E-state index contributed by atoms with van der Waals surface area (Å²) in [6, 6.07) is -2.75. The first-order valence-corrected chi connectivity index (χ1v) is 5.23. The Balaban J connectivity index is 2.86. The Bertz CT molecular complexity index is 273. The van der Waals surface area contributed by atoms with Crippen molar-refractivity contribution in [1.29, 1.82) is 0 Å². The number of morpholine rings is 1. The van der Waals surface area contributed by atoms with Gasteiger partial charge in [-0.1, -0.05) is 0 Å². The van der Waals surface area contributed by atoms with Crippen LogP contribution < -0.4 is 11.1 Å². The van der Waals surface area contributed by atoms with Crippen LogP contribution in [-0.2, 0) is 9.53 Å². The highest BCUT2D eigenvalue weighted by Crippen LogP contribution is 2.26. The number of hydrogen-bond acceptors (Lipinski definition) is 4. The van der Waals surface area contributed by atoms with Gasteiger partial charge in [0.25, 0.3) is 0 Å². The second-order valence-electron chi connectivity index (χ2n) is 3.74. The SMILES string of the molecule is CNC(=O)C1COCCN1C(CN)C(F)(F)F. The quantitative estimate of drug-likeness (QED) is 0.701. The molecular weight excluding hydrogens is 239 g/mol. The van der Waals surface area contributed by atoms with E-state index in [-0.39, 0.29) is 19.8 Å². The molecule has 1 amide bonds. The number of alkyl halides is 3. The molecule has 5 nitrogen and oxygen atoms in total. The van der Waals surface area contributed by atoms with Crippen LogP contribution >= 0.6 is 0 Å². The van der Waals surface area contributed by atoms with Gasteiger partial charge in [0.15, 0.2) is 0 Å². The zero-order valence-electron chi connectivity index (χ0n) is 9.46. The Morgan fingerprint density at radius 1 is 1.65 bits per heavy atom. The lowest BCUT2D eigenvalue weighted by atomic mass is 10.1. The fourth-order valence-corrected chi connectivity index (χ4v) is 1.84. The van der Waals surface area contributed by atoms with Gasteiger partial charge in [-0.05, 0) is 0 Å². The molecule has 0 aromatic heterocycles. The summed E-state index contributed by atoms with van der Waals surface area (Å²) in [5.74, 6) is -0.493. The van der Waals surface area contributed by atoms with E-state index in [1.54, 1.807) is 0 Å². The summed E-state index contributed by atoms with van der Waals surface area (Å²) in [4.78, 5) is 12.5. The average molecular weight is 255 g/mol. The molecular formula is C9H16F3N3O2. The molecule has 0 radical (unpaired) electrons. The molecule has 0 aliphatic carbocycles. The predicted molar refractivity (Wildman–Crippen MR) is 54.3 cm³/mol. The largest absolute Gasteiger partial charge is 0.405 e. The first-order valence-electron chi connectivity index (χ1n) is 5.23. The van der Waals surface area contributed by atoms with E-state index in [9.17, 15) is 18.0 Å². The summed E-state index contributed by atoms with van der Waals surface area (Å²) in [6.45, 7) is -0.414. The third-order valence-electron chi connectivity index (χ3n) is 2.72. The van der Waals surface area contributed by atoms with Crippen molar-refractivity contribution in [1.82, 2.24) is 10.2 Å². The van der Waals surface area contributed by atoms with Crippen molar-refractivity contribution in [3.8, 4) is 0 Å². The highest BCUT2D eigenvalue weighted by atomic mass is 19.4. The Morgan fingerprint density at radius 2 is 2.29 bits per heavy atom. The van der Waals surface area contributed by atoms with Crippen molar-refractivity contribution in [2.75, 3.05) is 33.4 Å². The van der Waals surface area contributed by atoms with E-state index in [2.05, 4.69) is 5.32 Å². The van der Waals surface area contributed by atoms with Gasteiger partial charge in [0.1, 0.15) is 12.1 Å². The fourth-order valence-electron chi connectivity index (χ4n) is 1.84. The van der Waals surface area contributed by atoms with E-state index in [1.807, 2.05) is 0 Å². The molecule has 0 aromatic rings. The molecule has 8 heteroatoms. The number of nitrogens with two attached hydrogens (primary N) is 1. The minimum absolute atomic E-state index is 0.0411. The minimum Gasteiger partial charge on any atom is -0.378 e. The van der Waals surface area contributed by atoms with Gasteiger partial charge >= 0.3 is 6.18 Å². The van der Waals surface area contributed by atoms with E-state index in [0.717, 1.165) is 4.90 Å². The number of halogens is 3. The van der Waals surface area contributed by atoms with E-state index in [1.165, 1.54) is 7.05 Å². The van der Waals surface area contributed by atoms with Gasteiger partial charge in [0, 0.05) is 20.1 Å². The molecule has 100 valence electrons. The van der Waals surface area contributed by atoms with Crippen molar-refractivity contribution in [3.05, 3.63) is 0 Å². The second kappa shape index (κ2) is 5.65. The zero-order chi connectivity index (χ0) is 13.1. The number of ether oxygens (including phenoxy) is 1. The lowest BCUT2D eigenvalue weighted by molar-refractivity contribution is -0.198. The third-order valence-corrected chi connectivity index (χ3v) is 2.72. The van der Waals surface area contributed by atoms with Gasteiger partial charge in [-0.25, -0.2) is 0 Å². The summed E-state index contributed by atoms with van der Waals surface area (Å²) in [5.41, 5.74) is 5.16. The molecule has 0 aromatic carbocycles. The molecule has 1 fully saturated rings. The standard InChI is InChI=1S/C9H16F3N3O2/c1-14-8(16)6-5-17-3-2-15(6)7(4-13)9(10,11)12/h6-7H,2-5,13H2,1H3,(H,14,16). The van der Waals surface area contributed by atoms with E-state index >= 15 is 0 Å². The van der Waals surface area contributed by atoms with E-state index in [0.29, 0.717) is 0 Å². The van der Waals surface area contributed by atoms with Crippen LogP contribution in [-0.4, -0.2) is 62.4 Å². The van der Waals surface area contributed by atoms with Crippen LogP contribution in [0.4, 0.5) is 13.2 Å². The van der Waals surface area contributed by atoms with Gasteiger partial charge in [-0.15, -0.1) is 0 Å². The molecule has 0 saturated carbocycles. The number of likely N-dealkylation sites (N-methyl/N-ethyl adjacent to an activating group) is 1. The number of nitrogens with zero attached hydrogens (tertiary/aromatic N) is 1. The Kier molecular flexibility index (Phi) is 4.72. The normalized spacial score (nSPS) is 24.4. The molecule has 2 unspecified atom stereocenters. The van der Waals surface area contributed by atoms with Crippen LogP contribution in [0.3, 0.4) is 0 Å². The summed E-state index contributed by atoms with van der Waals surface area (Å²) in [7, 11) is 1.38. The Morgan fingerprint density at radius 3 is 2.76 bits per heavy atom. The molecule has 3 N–H and O–H groups in total. The first-order chi connectivity index (χ1) is 7.91. The smallest absolute Gasteiger partial charge is 0.378 e. The number of nitrogens with one attached hydrogen (secondary N) is 1. The summed E-state index contributed by atoms with van der Waals surface area (Å²) in [6.07, 6.45) is -4.45. The molecule has 1 rings (SSSR count). The molecule has 0 bridgehead atoms. The predicted octanol–water partition coefficient (Wildman–Crippen LogP) is -0.677. The van der Waals surface area contributed by atoms with Crippen molar-refractivity contribution in [2.24, 2.45) is 5.73 Å². The van der Waals surface area contributed by atoms with Crippen molar-refractivity contribution < 1.29 is 22.7 Å². The maximum absolute atomic E-state index is 12.8. The number of amides is 1. The highest BCUT2D eigenvalue weighted by Gasteiger charge is 2.47. The third kappa shape index (κ3) is 3.30. The van der Waals surface area contributed by atoms with Crippen LogP contribution in [0.1, 0.15) is 0 Å². The minimum atomic E-state index is -4.45. The number of hydrogen-bond donors (Lipinski definition) is 2. The van der Waals surface area contributed by atoms with E-state index in [4.69, 9.17) is 10.5 Å². The van der Waals surface area contributed by atoms with Crippen molar-refractivity contribution >= 4 is 5.91 Å². The van der Waals surface area contributed by atoms with Crippen LogP contribution in [0.2, 0.25) is 0 Å². The number of carbonyl (C=O) groups excluding carboxylic acids is 1. The average Bonchev–Trinajstić information content (AvgIpc) is 2.28. The fraction of sp³-hybridized carbons (Fsp3) is 0.889. The lowest BCUT2D eigenvalue weighted by Gasteiger charge is -2.39. The topological polar surface area (TPSA) is 67.6 Å². The van der Waals surface area contributed by atoms with Gasteiger partial charge in [-0.2, -0.15) is 13.2 Å². The maximum atomic E-state index is 12.8. The number of rotatable bonds is 3. The van der Waals surface area contributed by atoms with Crippen LogP contribution in [0.25, 0.3) is 0 Å². The molecule has 1 heterocycles. The molecule has 1 aliphatic heterocycles. The molecule has 1 aliphatic rings. The molecule has 2 atom stereocenters. The molecule has 1 saturated heterocycles. The van der Waals surface area contributed by atoms with Gasteiger partial charge in [0.05, 0.1) is 13.2 Å².